The average molecular weight is 437 g/mol. The molecule has 0 aliphatic carbocycles. The highest BCUT2D eigenvalue weighted by atomic mass is 35.5. The van der Waals surface area contributed by atoms with Crippen molar-refractivity contribution in [1.82, 2.24) is 4.90 Å². The standard InChI is InChI=1S/C24H21ClN2O4/c25-17-9-7-16(8-10-17)22(27-11-14-29-15-12-27)23-21(18-4-1-2-5-19(18)31-23)26-24(28)20-6-3-13-30-20/h1-10,13,22H,11-12,14-15H2,(H,26,28)/t22-/m1/s1. The SMILES string of the molecule is O=C(Nc1c([C@@H](c2ccc(Cl)cc2)N2CCOCC2)oc2ccccc12)c1ccco1. The molecule has 0 bridgehead atoms. The van der Waals surface area contributed by atoms with Gasteiger partial charge in [-0.1, -0.05) is 35.9 Å². The summed E-state index contributed by atoms with van der Waals surface area (Å²) in [6, 6.07) is 18.5. The summed E-state index contributed by atoms with van der Waals surface area (Å²) in [5.74, 6) is 0.589. The Morgan fingerprint density at radius 3 is 2.52 bits per heavy atom. The number of furan rings is 2. The van der Waals surface area contributed by atoms with Crippen LogP contribution in [0.5, 0.6) is 0 Å². The maximum absolute atomic E-state index is 12.9. The van der Waals surface area contributed by atoms with E-state index >= 15 is 0 Å². The topological polar surface area (TPSA) is 67.9 Å². The lowest BCUT2D eigenvalue weighted by Gasteiger charge is -2.34. The Morgan fingerprint density at radius 2 is 1.77 bits per heavy atom. The van der Waals surface area contributed by atoms with Crippen LogP contribution < -0.4 is 5.32 Å². The number of benzene rings is 2. The summed E-state index contributed by atoms with van der Waals surface area (Å²) in [6.07, 6.45) is 1.48. The fourth-order valence-electron chi connectivity index (χ4n) is 3.98. The maximum atomic E-state index is 12.9. The number of halogens is 1. The second kappa shape index (κ2) is 8.59. The molecule has 3 heterocycles. The van der Waals surface area contributed by atoms with E-state index in [1.54, 1.807) is 12.1 Å². The smallest absolute Gasteiger partial charge is 0.291 e. The van der Waals surface area contributed by atoms with Crippen LogP contribution in [0, 0.1) is 0 Å². The monoisotopic (exact) mass is 436 g/mol. The summed E-state index contributed by atoms with van der Waals surface area (Å²) in [5, 5.41) is 4.53. The molecule has 6 nitrogen and oxygen atoms in total. The highest BCUT2D eigenvalue weighted by Gasteiger charge is 2.31. The van der Waals surface area contributed by atoms with E-state index in [2.05, 4.69) is 10.2 Å². The van der Waals surface area contributed by atoms with Crippen LogP contribution in [0.3, 0.4) is 0 Å². The fourth-order valence-corrected chi connectivity index (χ4v) is 4.10. The molecule has 0 unspecified atom stereocenters. The number of para-hydroxylation sites is 1. The van der Waals surface area contributed by atoms with Gasteiger partial charge in [-0.2, -0.15) is 0 Å². The summed E-state index contributed by atoms with van der Waals surface area (Å²) in [6.45, 7) is 2.77. The van der Waals surface area contributed by atoms with E-state index in [0.717, 1.165) is 24.0 Å². The predicted molar refractivity (Wildman–Crippen MR) is 119 cm³/mol. The zero-order chi connectivity index (χ0) is 21.2. The number of carbonyl (C=O) groups excluding carboxylic acids is 1. The van der Waals surface area contributed by atoms with Crippen molar-refractivity contribution in [2.45, 2.75) is 6.04 Å². The molecule has 0 radical (unpaired) electrons. The van der Waals surface area contributed by atoms with Crippen LogP contribution in [-0.4, -0.2) is 37.1 Å². The number of amides is 1. The molecule has 7 heteroatoms. The Kier molecular flexibility index (Phi) is 5.51. The highest BCUT2D eigenvalue weighted by molar-refractivity contribution is 6.30. The average Bonchev–Trinajstić information content (AvgIpc) is 3.45. The van der Waals surface area contributed by atoms with Crippen molar-refractivity contribution < 1.29 is 18.4 Å². The number of morpholine rings is 1. The lowest BCUT2D eigenvalue weighted by atomic mass is 10.0. The van der Waals surface area contributed by atoms with Crippen molar-refractivity contribution >= 4 is 34.2 Å². The van der Waals surface area contributed by atoms with Crippen molar-refractivity contribution in [3.63, 3.8) is 0 Å². The maximum Gasteiger partial charge on any atom is 0.291 e. The molecule has 1 amide bonds. The number of fused-ring (bicyclic) bond motifs is 1. The molecule has 0 spiro atoms. The molecule has 4 aromatic rings. The van der Waals surface area contributed by atoms with Gasteiger partial charge in [0.1, 0.15) is 11.3 Å². The zero-order valence-corrected chi connectivity index (χ0v) is 17.5. The zero-order valence-electron chi connectivity index (χ0n) is 16.7. The molecule has 1 fully saturated rings. The van der Waals surface area contributed by atoms with Gasteiger partial charge in [0.2, 0.25) is 0 Å². The van der Waals surface area contributed by atoms with Gasteiger partial charge in [0.15, 0.2) is 5.76 Å². The van der Waals surface area contributed by atoms with Gasteiger partial charge >= 0.3 is 0 Å². The van der Waals surface area contributed by atoms with Crippen LogP contribution >= 0.6 is 11.6 Å². The van der Waals surface area contributed by atoms with E-state index in [0.29, 0.717) is 35.3 Å². The molecule has 1 N–H and O–H groups in total. The van der Waals surface area contributed by atoms with Crippen LogP contribution in [0.15, 0.2) is 75.8 Å². The molecular formula is C24H21ClN2O4. The third kappa shape index (κ3) is 3.97. The van der Waals surface area contributed by atoms with Gasteiger partial charge in [-0.25, -0.2) is 0 Å². The normalized spacial score (nSPS) is 15.8. The number of hydrogen-bond acceptors (Lipinski definition) is 5. The van der Waals surface area contributed by atoms with Crippen molar-refractivity contribution in [1.29, 1.82) is 0 Å². The molecule has 1 aliphatic rings. The van der Waals surface area contributed by atoms with Crippen LogP contribution in [0.1, 0.15) is 27.9 Å². The van der Waals surface area contributed by atoms with E-state index in [-0.39, 0.29) is 17.7 Å². The van der Waals surface area contributed by atoms with Gasteiger partial charge in [-0.3, -0.25) is 9.69 Å². The molecule has 1 aliphatic heterocycles. The predicted octanol–water partition coefficient (Wildman–Crippen LogP) is 5.35. The Balaban J connectivity index is 1.64. The van der Waals surface area contributed by atoms with Crippen LogP contribution in [0.2, 0.25) is 5.02 Å². The molecule has 31 heavy (non-hydrogen) atoms. The molecule has 2 aromatic heterocycles. The minimum atomic E-state index is -0.324. The van der Waals surface area contributed by atoms with Crippen LogP contribution in [0.25, 0.3) is 11.0 Å². The Morgan fingerprint density at radius 1 is 1.00 bits per heavy atom. The van der Waals surface area contributed by atoms with Crippen molar-refractivity contribution in [2.75, 3.05) is 31.6 Å². The fraction of sp³-hybridized carbons (Fsp3) is 0.208. The minimum absolute atomic E-state index is 0.208. The minimum Gasteiger partial charge on any atom is -0.459 e. The summed E-state index contributed by atoms with van der Waals surface area (Å²) in [7, 11) is 0. The second-order valence-electron chi connectivity index (χ2n) is 7.37. The van der Waals surface area contributed by atoms with Gasteiger partial charge in [0, 0.05) is 23.5 Å². The van der Waals surface area contributed by atoms with E-state index in [9.17, 15) is 4.79 Å². The van der Waals surface area contributed by atoms with E-state index in [4.69, 9.17) is 25.2 Å². The Hall–Kier alpha value is -3.06. The molecule has 158 valence electrons. The first-order valence-corrected chi connectivity index (χ1v) is 10.5. The highest BCUT2D eigenvalue weighted by Crippen LogP contribution is 2.41. The van der Waals surface area contributed by atoms with Gasteiger partial charge in [-0.15, -0.1) is 0 Å². The summed E-state index contributed by atoms with van der Waals surface area (Å²) in [5.41, 5.74) is 2.38. The molecule has 2 aromatic carbocycles. The molecule has 1 saturated heterocycles. The number of hydrogen-bond donors (Lipinski definition) is 1. The molecule has 0 saturated carbocycles. The Bertz CT molecular complexity index is 1180. The van der Waals surface area contributed by atoms with Crippen LogP contribution in [0.4, 0.5) is 5.69 Å². The largest absolute Gasteiger partial charge is 0.459 e. The van der Waals surface area contributed by atoms with E-state index in [1.807, 2.05) is 48.5 Å². The van der Waals surface area contributed by atoms with Crippen molar-refractivity contribution in [2.24, 2.45) is 0 Å². The van der Waals surface area contributed by atoms with Gasteiger partial charge < -0.3 is 18.9 Å². The third-order valence-electron chi connectivity index (χ3n) is 5.45. The first-order chi connectivity index (χ1) is 15.2. The number of nitrogens with zero attached hydrogens (tertiary/aromatic N) is 1. The second-order valence-corrected chi connectivity index (χ2v) is 7.81. The van der Waals surface area contributed by atoms with Gasteiger partial charge in [0.05, 0.1) is 31.2 Å². The first-order valence-electron chi connectivity index (χ1n) is 10.1. The number of rotatable bonds is 5. The van der Waals surface area contributed by atoms with Crippen LogP contribution in [-0.2, 0) is 4.74 Å². The quantitative estimate of drug-likeness (QED) is 0.456. The molecular weight excluding hydrogens is 416 g/mol. The lowest BCUT2D eigenvalue weighted by Crippen LogP contribution is -2.39. The van der Waals surface area contributed by atoms with Crippen molar-refractivity contribution in [3.8, 4) is 0 Å². The number of ether oxygens (including phenoxy) is 1. The van der Waals surface area contributed by atoms with Crippen molar-refractivity contribution in [3.05, 3.63) is 89.0 Å². The summed E-state index contributed by atoms with van der Waals surface area (Å²) < 4.78 is 17.2. The van der Waals surface area contributed by atoms with E-state index in [1.165, 1.54) is 6.26 Å². The lowest BCUT2D eigenvalue weighted by molar-refractivity contribution is 0.0206. The van der Waals surface area contributed by atoms with Gasteiger partial charge in [-0.05, 0) is 42.0 Å². The molecule has 5 rings (SSSR count). The summed E-state index contributed by atoms with van der Waals surface area (Å²) >= 11 is 6.15. The summed E-state index contributed by atoms with van der Waals surface area (Å²) in [4.78, 5) is 15.2. The number of nitrogens with one attached hydrogen (secondary N) is 1. The number of anilines is 1. The Labute approximate surface area is 184 Å². The first kappa shape index (κ1) is 19.9. The van der Waals surface area contributed by atoms with Gasteiger partial charge in [0.25, 0.3) is 5.91 Å². The number of carbonyl (C=O) groups is 1. The van der Waals surface area contributed by atoms with E-state index < -0.39 is 0 Å². The third-order valence-corrected chi connectivity index (χ3v) is 5.70. The molecule has 1 atom stereocenters.